The van der Waals surface area contributed by atoms with Crippen molar-refractivity contribution in [3.63, 3.8) is 0 Å². The van der Waals surface area contributed by atoms with Gasteiger partial charge < -0.3 is 10.1 Å². The lowest BCUT2D eigenvalue weighted by atomic mass is 9.96. The van der Waals surface area contributed by atoms with Gasteiger partial charge in [-0.25, -0.2) is 17.5 Å². The molecular formula is C23H29FN2O4S. The first-order chi connectivity index (χ1) is 14.7. The van der Waals surface area contributed by atoms with E-state index in [0.29, 0.717) is 11.3 Å². The van der Waals surface area contributed by atoms with Gasteiger partial charge >= 0.3 is 0 Å². The zero-order valence-corrected chi connectivity index (χ0v) is 18.7. The molecule has 1 amide bonds. The Kier molecular flexibility index (Phi) is 7.67. The molecule has 1 fully saturated rings. The maximum atomic E-state index is 13.0. The Labute approximate surface area is 183 Å². The molecule has 0 radical (unpaired) electrons. The van der Waals surface area contributed by atoms with Crippen LogP contribution in [0.5, 0.6) is 5.75 Å². The number of carbonyl (C=O) groups is 1. The van der Waals surface area contributed by atoms with E-state index in [1.54, 1.807) is 38.1 Å². The summed E-state index contributed by atoms with van der Waals surface area (Å²) in [5.74, 6) is -0.214. The number of hydrogen-bond donors (Lipinski definition) is 2. The largest absolute Gasteiger partial charge is 0.484 e. The molecule has 0 saturated heterocycles. The molecule has 8 heteroatoms. The fraction of sp³-hybridized carbons (Fsp3) is 0.435. The molecule has 1 aliphatic carbocycles. The summed E-state index contributed by atoms with van der Waals surface area (Å²) in [6, 6.07) is 10.2. The van der Waals surface area contributed by atoms with Crippen LogP contribution in [0, 0.1) is 12.7 Å². The van der Waals surface area contributed by atoms with E-state index in [0.717, 1.165) is 37.7 Å². The van der Waals surface area contributed by atoms with Crippen LogP contribution >= 0.6 is 0 Å². The van der Waals surface area contributed by atoms with Crippen molar-refractivity contribution < 1.29 is 22.3 Å². The summed E-state index contributed by atoms with van der Waals surface area (Å²) in [6.07, 6.45) is 4.97. The molecule has 0 bridgehead atoms. The highest BCUT2D eigenvalue weighted by Crippen LogP contribution is 2.24. The number of benzene rings is 2. The van der Waals surface area contributed by atoms with E-state index in [2.05, 4.69) is 10.0 Å². The summed E-state index contributed by atoms with van der Waals surface area (Å²) in [5.41, 5.74) is 1.41. The first-order valence-electron chi connectivity index (χ1n) is 10.6. The van der Waals surface area contributed by atoms with E-state index in [1.165, 1.54) is 18.2 Å². The predicted octanol–water partition coefficient (Wildman–Crippen LogP) is 4.00. The Bertz CT molecular complexity index is 1000. The topological polar surface area (TPSA) is 84.5 Å². The normalized spacial score (nSPS) is 16.0. The average molecular weight is 449 g/mol. The van der Waals surface area contributed by atoms with E-state index >= 15 is 0 Å². The van der Waals surface area contributed by atoms with Crippen LogP contribution in [0.15, 0.2) is 47.4 Å². The summed E-state index contributed by atoms with van der Waals surface area (Å²) >= 11 is 0. The molecule has 0 heterocycles. The van der Waals surface area contributed by atoms with Crippen LogP contribution in [0.2, 0.25) is 0 Å². The molecule has 0 aliphatic heterocycles. The van der Waals surface area contributed by atoms with Gasteiger partial charge in [0.1, 0.15) is 11.6 Å². The van der Waals surface area contributed by atoms with Gasteiger partial charge in [-0.15, -0.1) is 0 Å². The van der Waals surface area contributed by atoms with Crippen LogP contribution in [-0.2, 0) is 14.8 Å². The number of rotatable bonds is 8. The van der Waals surface area contributed by atoms with Crippen molar-refractivity contribution in [2.45, 2.75) is 62.9 Å². The van der Waals surface area contributed by atoms with Crippen molar-refractivity contribution in [1.82, 2.24) is 10.0 Å². The number of nitrogens with one attached hydrogen (secondary N) is 2. The van der Waals surface area contributed by atoms with E-state index in [1.807, 2.05) is 0 Å². The van der Waals surface area contributed by atoms with Crippen LogP contribution in [-0.4, -0.2) is 27.0 Å². The second-order valence-electron chi connectivity index (χ2n) is 8.01. The summed E-state index contributed by atoms with van der Waals surface area (Å²) in [7, 11) is -3.59. The lowest BCUT2D eigenvalue weighted by Gasteiger charge is -2.22. The molecular weight excluding hydrogens is 419 g/mol. The van der Waals surface area contributed by atoms with Crippen molar-refractivity contribution in [3.05, 3.63) is 59.4 Å². The minimum Gasteiger partial charge on any atom is -0.484 e. The Morgan fingerprint density at radius 3 is 2.45 bits per heavy atom. The van der Waals surface area contributed by atoms with Gasteiger partial charge in [0.05, 0.1) is 10.9 Å². The highest BCUT2D eigenvalue weighted by Gasteiger charge is 2.22. The molecule has 6 nitrogen and oxygen atoms in total. The fourth-order valence-electron chi connectivity index (χ4n) is 3.72. The SMILES string of the molecule is Cc1cc(S(=O)(=O)NC2CCCCC2)ccc1OCC(=O)N[C@@H](C)c1ccc(F)cc1. The third kappa shape index (κ3) is 6.51. The van der Waals surface area contributed by atoms with Crippen molar-refractivity contribution in [2.75, 3.05) is 6.61 Å². The quantitative estimate of drug-likeness (QED) is 0.639. The summed E-state index contributed by atoms with van der Waals surface area (Å²) in [5, 5.41) is 2.79. The van der Waals surface area contributed by atoms with Gasteiger partial charge in [0.25, 0.3) is 5.91 Å². The molecule has 0 unspecified atom stereocenters. The van der Waals surface area contributed by atoms with Gasteiger partial charge in [-0.1, -0.05) is 31.4 Å². The minimum absolute atomic E-state index is 0.0122. The lowest BCUT2D eigenvalue weighted by Crippen LogP contribution is -2.36. The number of hydrogen-bond acceptors (Lipinski definition) is 4. The van der Waals surface area contributed by atoms with Crippen molar-refractivity contribution >= 4 is 15.9 Å². The van der Waals surface area contributed by atoms with Gasteiger partial charge in [-0.05, 0) is 68.1 Å². The highest BCUT2D eigenvalue weighted by molar-refractivity contribution is 7.89. The van der Waals surface area contributed by atoms with Crippen molar-refractivity contribution in [1.29, 1.82) is 0 Å². The van der Waals surface area contributed by atoms with E-state index in [9.17, 15) is 17.6 Å². The monoisotopic (exact) mass is 448 g/mol. The zero-order valence-electron chi connectivity index (χ0n) is 17.9. The third-order valence-electron chi connectivity index (χ3n) is 5.49. The molecule has 31 heavy (non-hydrogen) atoms. The van der Waals surface area contributed by atoms with Gasteiger partial charge in [0, 0.05) is 6.04 Å². The molecule has 2 aromatic carbocycles. The maximum absolute atomic E-state index is 13.0. The highest BCUT2D eigenvalue weighted by atomic mass is 32.2. The second-order valence-corrected chi connectivity index (χ2v) is 9.73. The molecule has 1 atom stereocenters. The summed E-state index contributed by atoms with van der Waals surface area (Å²) in [6.45, 7) is 3.34. The third-order valence-corrected chi connectivity index (χ3v) is 7.01. The number of amides is 1. The number of ether oxygens (including phenoxy) is 1. The molecule has 3 rings (SSSR count). The van der Waals surface area contributed by atoms with E-state index in [4.69, 9.17) is 4.74 Å². The minimum atomic E-state index is -3.59. The molecule has 1 aliphatic rings. The van der Waals surface area contributed by atoms with Gasteiger partial charge in [-0.3, -0.25) is 4.79 Å². The Balaban J connectivity index is 1.56. The molecule has 2 aromatic rings. The van der Waals surface area contributed by atoms with Crippen LogP contribution in [0.1, 0.15) is 56.2 Å². The van der Waals surface area contributed by atoms with Gasteiger partial charge in [0.15, 0.2) is 6.61 Å². The maximum Gasteiger partial charge on any atom is 0.258 e. The first-order valence-corrected chi connectivity index (χ1v) is 12.0. The first kappa shape index (κ1) is 23.2. The van der Waals surface area contributed by atoms with Crippen molar-refractivity contribution in [2.24, 2.45) is 0 Å². The fourth-order valence-corrected chi connectivity index (χ4v) is 5.11. The van der Waals surface area contributed by atoms with Crippen LogP contribution in [0.3, 0.4) is 0 Å². The van der Waals surface area contributed by atoms with Crippen LogP contribution in [0.4, 0.5) is 4.39 Å². The summed E-state index contributed by atoms with van der Waals surface area (Å²) in [4.78, 5) is 12.4. The number of carbonyl (C=O) groups excluding carboxylic acids is 1. The van der Waals surface area contributed by atoms with E-state index in [-0.39, 0.29) is 35.3 Å². The van der Waals surface area contributed by atoms with Gasteiger partial charge in [0.2, 0.25) is 10.0 Å². The number of halogens is 1. The molecule has 0 spiro atoms. The Hall–Kier alpha value is -2.45. The molecule has 0 aromatic heterocycles. The molecule has 2 N–H and O–H groups in total. The Morgan fingerprint density at radius 2 is 1.81 bits per heavy atom. The predicted molar refractivity (Wildman–Crippen MR) is 117 cm³/mol. The summed E-state index contributed by atoms with van der Waals surface area (Å²) < 4.78 is 46.7. The van der Waals surface area contributed by atoms with E-state index < -0.39 is 10.0 Å². The van der Waals surface area contributed by atoms with Gasteiger partial charge in [-0.2, -0.15) is 0 Å². The number of sulfonamides is 1. The second kappa shape index (κ2) is 10.2. The zero-order chi connectivity index (χ0) is 22.4. The smallest absolute Gasteiger partial charge is 0.258 e. The average Bonchev–Trinajstić information content (AvgIpc) is 2.73. The Morgan fingerprint density at radius 1 is 1.13 bits per heavy atom. The lowest BCUT2D eigenvalue weighted by molar-refractivity contribution is -0.123. The molecule has 1 saturated carbocycles. The molecule has 168 valence electrons. The number of aryl methyl sites for hydroxylation is 1. The van der Waals surface area contributed by atoms with Crippen molar-refractivity contribution in [3.8, 4) is 5.75 Å². The standard InChI is InChI=1S/C23H29FN2O4S/c1-16-14-21(31(28,29)26-20-6-4-3-5-7-20)12-13-22(16)30-15-23(27)25-17(2)18-8-10-19(24)11-9-18/h8-14,17,20,26H,3-7,15H2,1-2H3,(H,25,27)/t17-/m0/s1. The van der Waals surface area contributed by atoms with Crippen LogP contribution in [0.25, 0.3) is 0 Å². The van der Waals surface area contributed by atoms with Crippen LogP contribution < -0.4 is 14.8 Å².